The first kappa shape index (κ1) is 22.7. The average molecular weight is 446 g/mol. The molecule has 0 saturated heterocycles. The lowest BCUT2D eigenvalue weighted by atomic mass is 10.2. The second kappa shape index (κ2) is 9.30. The molecule has 10 heteroatoms. The lowest BCUT2D eigenvalue weighted by molar-refractivity contribution is 0.285. The maximum Gasteiger partial charge on any atom is 0.280 e. The fourth-order valence-corrected chi connectivity index (χ4v) is 2.78. The highest BCUT2D eigenvalue weighted by Crippen LogP contribution is 2.23. The van der Waals surface area contributed by atoms with Gasteiger partial charge in [0.15, 0.2) is 5.02 Å². The zero-order valence-corrected chi connectivity index (χ0v) is 16.7. The Kier molecular flexibility index (Phi) is 7.29. The van der Waals surface area contributed by atoms with Crippen molar-refractivity contribution >= 4 is 24.0 Å². The van der Waals surface area contributed by atoms with Gasteiger partial charge in [-0.15, -0.1) is 12.4 Å². The Morgan fingerprint density at radius 1 is 1.14 bits per heavy atom. The number of hydrogen-bond donors (Lipinski definition) is 1. The van der Waals surface area contributed by atoms with E-state index in [4.69, 9.17) is 22.1 Å². The fraction of sp³-hybridized carbons (Fsp3) is 0.158. The van der Waals surface area contributed by atoms with Gasteiger partial charge in [0.05, 0.1) is 5.69 Å². The van der Waals surface area contributed by atoms with Crippen molar-refractivity contribution in [2.24, 2.45) is 5.73 Å². The zero-order valence-electron chi connectivity index (χ0n) is 15.1. The Hall–Kier alpha value is -2.55. The fourth-order valence-electron chi connectivity index (χ4n) is 2.60. The summed E-state index contributed by atoms with van der Waals surface area (Å²) in [5.41, 5.74) is 5.44. The van der Waals surface area contributed by atoms with Crippen LogP contribution in [0, 0.1) is 24.4 Å². The van der Waals surface area contributed by atoms with E-state index >= 15 is 0 Å². The van der Waals surface area contributed by atoms with Crippen molar-refractivity contribution in [2.45, 2.75) is 20.1 Å². The summed E-state index contributed by atoms with van der Waals surface area (Å²) in [6.45, 7) is 1.31. The summed E-state index contributed by atoms with van der Waals surface area (Å²) < 4.78 is 47.3. The van der Waals surface area contributed by atoms with Gasteiger partial charge in [-0.2, -0.15) is 4.98 Å². The van der Waals surface area contributed by atoms with Gasteiger partial charge in [0, 0.05) is 18.2 Å². The van der Waals surface area contributed by atoms with Crippen LogP contribution in [-0.2, 0) is 13.2 Å². The molecule has 3 aromatic rings. The van der Waals surface area contributed by atoms with Crippen LogP contribution in [0.5, 0.6) is 5.88 Å². The normalized spacial score (nSPS) is 10.6. The second-order valence-corrected chi connectivity index (χ2v) is 6.31. The van der Waals surface area contributed by atoms with Gasteiger partial charge in [0.25, 0.3) is 5.56 Å². The van der Waals surface area contributed by atoms with Crippen LogP contribution in [0.25, 0.3) is 5.69 Å². The van der Waals surface area contributed by atoms with Crippen LogP contribution in [0.1, 0.15) is 17.0 Å². The topological polar surface area (TPSA) is 70.1 Å². The van der Waals surface area contributed by atoms with Crippen LogP contribution < -0.4 is 16.0 Å². The smallest absolute Gasteiger partial charge is 0.280 e. The Balaban J connectivity index is 0.00000300. The molecule has 0 fully saturated rings. The maximum atomic E-state index is 14.3. The number of aromatic nitrogens is 2. The van der Waals surface area contributed by atoms with E-state index in [1.54, 1.807) is 0 Å². The molecule has 0 aliphatic carbocycles. The van der Waals surface area contributed by atoms with Crippen LogP contribution in [0.2, 0.25) is 5.02 Å². The molecule has 154 valence electrons. The maximum absolute atomic E-state index is 14.3. The summed E-state index contributed by atoms with van der Waals surface area (Å²) >= 11 is 6.06. The van der Waals surface area contributed by atoms with E-state index in [-0.39, 0.29) is 48.5 Å². The van der Waals surface area contributed by atoms with E-state index in [9.17, 15) is 18.0 Å². The van der Waals surface area contributed by atoms with Crippen LogP contribution in [0.3, 0.4) is 0 Å². The summed E-state index contributed by atoms with van der Waals surface area (Å²) in [7, 11) is 0. The molecule has 0 unspecified atom stereocenters. The molecule has 0 atom stereocenters. The first-order chi connectivity index (χ1) is 13.3. The monoisotopic (exact) mass is 445 g/mol. The zero-order chi connectivity index (χ0) is 20.4. The van der Waals surface area contributed by atoms with Crippen LogP contribution in [0.4, 0.5) is 13.2 Å². The Labute approximate surface area is 175 Å². The molecule has 0 saturated carbocycles. The van der Waals surface area contributed by atoms with Gasteiger partial charge < -0.3 is 10.5 Å². The number of halogens is 5. The summed E-state index contributed by atoms with van der Waals surface area (Å²) in [6, 6.07) is 7.12. The van der Waals surface area contributed by atoms with Gasteiger partial charge in [-0.1, -0.05) is 17.7 Å². The molecule has 1 aromatic heterocycles. The number of aryl methyl sites for hydroxylation is 1. The number of nitrogens with two attached hydrogens (primary N) is 1. The van der Waals surface area contributed by atoms with Gasteiger partial charge >= 0.3 is 0 Å². The van der Waals surface area contributed by atoms with Crippen molar-refractivity contribution in [1.29, 1.82) is 0 Å². The molecule has 0 aliphatic rings. The Bertz CT molecular complexity index is 1110. The molecule has 1 heterocycles. The number of ether oxygens (including phenoxy) is 1. The van der Waals surface area contributed by atoms with Crippen LogP contribution in [0.15, 0.2) is 41.2 Å². The Morgan fingerprint density at radius 2 is 1.86 bits per heavy atom. The van der Waals surface area contributed by atoms with Crippen molar-refractivity contribution in [3.63, 3.8) is 0 Å². The van der Waals surface area contributed by atoms with Gasteiger partial charge in [0.1, 0.15) is 29.9 Å². The molecular formula is C19H16Cl2F3N3O2. The van der Waals surface area contributed by atoms with Crippen molar-refractivity contribution in [3.05, 3.63) is 86.2 Å². The highest BCUT2D eigenvalue weighted by atomic mass is 35.5. The summed E-state index contributed by atoms with van der Waals surface area (Å²) in [6.07, 6.45) is 0. The number of nitrogens with zero attached hydrogens (tertiary/aromatic N) is 2. The average Bonchev–Trinajstić information content (AvgIpc) is 2.66. The molecule has 2 N–H and O–H groups in total. The first-order valence-corrected chi connectivity index (χ1v) is 8.54. The standard InChI is InChI=1S/C19H15ClF3N3O2.ClH/c1-10-25-18(28-9-12-3-4-13(21)7-15(12)23)17(20)19(27)26(10)16-6-11(8-24)2-5-14(16)22;/h2-7H,8-9,24H2,1H3;1H. The predicted octanol–water partition coefficient (Wildman–Crippen LogP) is 4.07. The predicted molar refractivity (Wildman–Crippen MR) is 105 cm³/mol. The minimum Gasteiger partial charge on any atom is -0.471 e. The van der Waals surface area contributed by atoms with E-state index in [1.165, 1.54) is 31.2 Å². The molecule has 0 amide bonds. The van der Waals surface area contributed by atoms with Crippen LogP contribution in [-0.4, -0.2) is 9.55 Å². The van der Waals surface area contributed by atoms with E-state index in [1.807, 2.05) is 0 Å². The van der Waals surface area contributed by atoms with Crippen LogP contribution >= 0.6 is 24.0 Å². The van der Waals surface area contributed by atoms with Gasteiger partial charge in [-0.25, -0.2) is 13.2 Å². The largest absolute Gasteiger partial charge is 0.471 e. The van der Waals surface area contributed by atoms with Gasteiger partial charge in [0.2, 0.25) is 5.88 Å². The number of benzene rings is 2. The van der Waals surface area contributed by atoms with E-state index in [0.29, 0.717) is 11.6 Å². The molecule has 5 nitrogen and oxygen atoms in total. The minimum absolute atomic E-state index is 0. The summed E-state index contributed by atoms with van der Waals surface area (Å²) in [5.74, 6) is -2.31. The third-order valence-electron chi connectivity index (χ3n) is 4.03. The summed E-state index contributed by atoms with van der Waals surface area (Å²) in [4.78, 5) is 16.8. The molecule has 0 spiro atoms. The summed E-state index contributed by atoms with van der Waals surface area (Å²) in [5, 5.41) is -0.398. The van der Waals surface area contributed by atoms with Crippen molar-refractivity contribution in [2.75, 3.05) is 0 Å². The van der Waals surface area contributed by atoms with E-state index in [0.717, 1.165) is 10.6 Å². The molecule has 0 aliphatic heterocycles. The molecule has 2 aromatic carbocycles. The lowest BCUT2D eigenvalue weighted by Crippen LogP contribution is -2.24. The highest BCUT2D eigenvalue weighted by molar-refractivity contribution is 6.31. The third kappa shape index (κ3) is 4.72. The van der Waals surface area contributed by atoms with E-state index in [2.05, 4.69) is 4.98 Å². The third-order valence-corrected chi connectivity index (χ3v) is 4.36. The quantitative estimate of drug-likeness (QED) is 0.642. The first-order valence-electron chi connectivity index (χ1n) is 8.16. The molecule has 3 rings (SSSR count). The van der Waals surface area contributed by atoms with Crippen molar-refractivity contribution < 1.29 is 17.9 Å². The minimum atomic E-state index is -0.804. The number of rotatable bonds is 5. The molecular weight excluding hydrogens is 430 g/mol. The van der Waals surface area contributed by atoms with Crippen molar-refractivity contribution in [1.82, 2.24) is 9.55 Å². The highest BCUT2D eigenvalue weighted by Gasteiger charge is 2.18. The van der Waals surface area contributed by atoms with Gasteiger partial charge in [-0.3, -0.25) is 9.36 Å². The second-order valence-electron chi connectivity index (χ2n) is 5.93. The van der Waals surface area contributed by atoms with Crippen molar-refractivity contribution in [3.8, 4) is 11.6 Å². The SMILES string of the molecule is Cc1nc(OCc2ccc(F)cc2F)c(Cl)c(=O)n1-c1cc(CN)ccc1F.Cl. The van der Waals surface area contributed by atoms with E-state index < -0.39 is 28.0 Å². The van der Waals surface area contributed by atoms with Gasteiger partial charge in [-0.05, 0) is 36.8 Å². The lowest BCUT2D eigenvalue weighted by Gasteiger charge is -2.14. The Morgan fingerprint density at radius 3 is 2.52 bits per heavy atom. The molecule has 0 radical (unpaired) electrons. The molecule has 29 heavy (non-hydrogen) atoms. The molecule has 0 bridgehead atoms. The number of hydrogen-bond acceptors (Lipinski definition) is 4.